The van der Waals surface area contributed by atoms with Gasteiger partial charge in [0.1, 0.15) is 11.8 Å². The van der Waals surface area contributed by atoms with E-state index in [4.69, 9.17) is 14.2 Å². The summed E-state index contributed by atoms with van der Waals surface area (Å²) in [5, 5.41) is 17.8. The minimum absolute atomic E-state index is 0.106. The van der Waals surface area contributed by atoms with E-state index >= 15 is 8.78 Å². The Morgan fingerprint density at radius 2 is 1.95 bits per heavy atom. The van der Waals surface area contributed by atoms with E-state index < -0.39 is 18.6 Å². The molecule has 0 saturated carbocycles. The van der Waals surface area contributed by atoms with Crippen molar-refractivity contribution in [3.8, 4) is 29.1 Å². The summed E-state index contributed by atoms with van der Waals surface area (Å²) in [6.45, 7) is 1.92. The number of benzene rings is 2. The Bertz CT molecular complexity index is 1840. The molecule has 1 atom stereocenters. The van der Waals surface area contributed by atoms with Gasteiger partial charge in [-0.15, -0.1) is 0 Å². The number of halogens is 2. The Kier molecular flexibility index (Phi) is 6.96. The number of hydrogen-bond acceptors (Lipinski definition) is 9. The molecule has 1 fully saturated rings. The highest BCUT2D eigenvalue weighted by Crippen LogP contribution is 2.44. The number of piperidine rings is 1. The number of nitrogens with zero attached hydrogens (tertiary/aromatic N) is 6. The molecule has 42 heavy (non-hydrogen) atoms. The first kappa shape index (κ1) is 27.2. The summed E-state index contributed by atoms with van der Waals surface area (Å²) in [4.78, 5) is 10.3. The maximum atomic E-state index is 15.0. The number of pyridine rings is 1. The van der Waals surface area contributed by atoms with Crippen LogP contribution in [-0.4, -0.2) is 63.8 Å². The maximum absolute atomic E-state index is 15.0. The van der Waals surface area contributed by atoms with E-state index in [1.165, 1.54) is 13.3 Å². The molecular formula is C30H27F2N7O3. The van der Waals surface area contributed by atoms with Gasteiger partial charge in [-0.25, -0.2) is 18.3 Å². The number of methoxy groups -OCH3 is 1. The van der Waals surface area contributed by atoms with E-state index in [0.29, 0.717) is 46.0 Å². The topological polar surface area (TPSA) is 110 Å². The highest BCUT2D eigenvalue weighted by atomic mass is 19.3. The zero-order chi connectivity index (χ0) is 29.4. The lowest BCUT2D eigenvalue weighted by molar-refractivity contribution is -0.135. The Morgan fingerprint density at radius 1 is 1.12 bits per heavy atom. The lowest BCUT2D eigenvalue weighted by Crippen LogP contribution is -2.52. The van der Waals surface area contributed by atoms with Crippen LogP contribution in [0.5, 0.6) is 23.0 Å². The van der Waals surface area contributed by atoms with Crippen LogP contribution < -0.4 is 19.5 Å². The van der Waals surface area contributed by atoms with Crippen LogP contribution in [0.15, 0.2) is 61.2 Å². The molecule has 0 amide bonds. The van der Waals surface area contributed by atoms with Gasteiger partial charge in [0.25, 0.3) is 5.92 Å². The van der Waals surface area contributed by atoms with E-state index in [0.717, 1.165) is 5.56 Å². The molecule has 3 aromatic heterocycles. The lowest BCUT2D eigenvalue weighted by atomic mass is 10.0. The molecule has 2 aromatic carbocycles. The van der Waals surface area contributed by atoms with Crippen LogP contribution in [0, 0.1) is 18.3 Å². The summed E-state index contributed by atoms with van der Waals surface area (Å²) < 4.78 is 49.3. The summed E-state index contributed by atoms with van der Waals surface area (Å²) in [5.41, 5.74) is 3.19. The summed E-state index contributed by atoms with van der Waals surface area (Å²) in [7, 11) is 3.10. The molecule has 12 heteroatoms. The molecule has 0 unspecified atom stereocenters. The molecule has 0 bridgehead atoms. The molecule has 0 aliphatic carbocycles. The van der Waals surface area contributed by atoms with Crippen LogP contribution in [0.1, 0.15) is 17.5 Å². The van der Waals surface area contributed by atoms with Gasteiger partial charge in [-0.05, 0) is 49.9 Å². The van der Waals surface area contributed by atoms with Gasteiger partial charge in [0.05, 0.1) is 54.4 Å². The standard InChI is InChI=1S/C30H27F2N7O3/c1-18-12-20(4-6-23(18)41-21-15-35-26-8-10-36-39(26)16-21)37-28-19(13-33)14-34-22-5-7-24(40-3)29(27(22)28)42-25-9-11-38(2)17-30(25,31)32/h4-8,10,12,14-16,25H,9,11,17H2,1-3H3,(H,34,37)/t25-/m1/s1. The lowest BCUT2D eigenvalue weighted by Gasteiger charge is -2.36. The Morgan fingerprint density at radius 3 is 2.71 bits per heavy atom. The number of aromatic nitrogens is 4. The van der Waals surface area contributed by atoms with E-state index in [-0.39, 0.29) is 23.5 Å². The summed E-state index contributed by atoms with van der Waals surface area (Å²) in [6.07, 6.45) is 5.20. The number of nitrogens with one attached hydrogen (secondary N) is 1. The molecule has 1 N–H and O–H groups in total. The molecule has 10 nitrogen and oxygen atoms in total. The smallest absolute Gasteiger partial charge is 0.296 e. The van der Waals surface area contributed by atoms with Crippen LogP contribution in [0.4, 0.5) is 20.2 Å². The van der Waals surface area contributed by atoms with Gasteiger partial charge in [-0.3, -0.25) is 4.98 Å². The number of alkyl halides is 2. The van der Waals surface area contributed by atoms with E-state index in [9.17, 15) is 5.26 Å². The van der Waals surface area contributed by atoms with Crippen molar-refractivity contribution in [3.05, 3.63) is 72.3 Å². The van der Waals surface area contributed by atoms with Crippen molar-refractivity contribution in [3.63, 3.8) is 0 Å². The molecule has 1 aliphatic rings. The van der Waals surface area contributed by atoms with Gasteiger partial charge in [0.15, 0.2) is 29.0 Å². The maximum Gasteiger partial charge on any atom is 0.296 e. The average Bonchev–Trinajstić information content (AvgIpc) is 3.44. The fourth-order valence-electron chi connectivity index (χ4n) is 5.06. The monoisotopic (exact) mass is 571 g/mol. The van der Waals surface area contributed by atoms with Crippen molar-refractivity contribution < 1.29 is 23.0 Å². The van der Waals surface area contributed by atoms with Crippen molar-refractivity contribution >= 4 is 27.9 Å². The molecular weight excluding hydrogens is 544 g/mol. The largest absolute Gasteiger partial charge is 0.493 e. The third-order valence-corrected chi connectivity index (χ3v) is 7.17. The zero-order valence-electron chi connectivity index (χ0n) is 23.1. The van der Waals surface area contributed by atoms with Gasteiger partial charge in [-0.2, -0.15) is 10.4 Å². The normalized spacial score (nSPS) is 16.7. The van der Waals surface area contributed by atoms with Gasteiger partial charge < -0.3 is 24.4 Å². The Labute approximate surface area is 240 Å². The first-order valence-electron chi connectivity index (χ1n) is 13.2. The highest BCUT2D eigenvalue weighted by Gasteiger charge is 2.46. The van der Waals surface area contributed by atoms with Crippen LogP contribution in [0.3, 0.4) is 0 Å². The second-order valence-electron chi connectivity index (χ2n) is 10.2. The number of rotatable bonds is 7. The summed E-state index contributed by atoms with van der Waals surface area (Å²) in [5.74, 6) is -1.60. The second kappa shape index (κ2) is 10.8. The molecule has 5 aromatic rings. The third kappa shape index (κ3) is 5.10. The van der Waals surface area contributed by atoms with E-state index in [1.807, 2.05) is 13.0 Å². The van der Waals surface area contributed by atoms with E-state index in [1.54, 1.807) is 65.4 Å². The Hall–Kier alpha value is -5.02. The highest BCUT2D eigenvalue weighted by molar-refractivity contribution is 6.01. The number of likely N-dealkylation sites (tertiary alicyclic amines) is 1. The molecule has 214 valence electrons. The van der Waals surface area contributed by atoms with Crippen molar-refractivity contribution in [2.24, 2.45) is 0 Å². The predicted molar refractivity (Wildman–Crippen MR) is 152 cm³/mol. The molecule has 1 saturated heterocycles. The van der Waals surface area contributed by atoms with Crippen molar-refractivity contribution in [1.29, 1.82) is 5.26 Å². The fourth-order valence-corrected chi connectivity index (χ4v) is 5.06. The van der Waals surface area contributed by atoms with Crippen LogP contribution in [0.25, 0.3) is 16.6 Å². The molecule has 6 rings (SSSR count). The molecule has 0 radical (unpaired) electrons. The number of hydrogen-bond donors (Lipinski definition) is 1. The van der Waals surface area contributed by atoms with Crippen molar-refractivity contribution in [1.82, 2.24) is 24.5 Å². The number of aryl methyl sites for hydroxylation is 1. The summed E-state index contributed by atoms with van der Waals surface area (Å²) >= 11 is 0. The van der Waals surface area contributed by atoms with Crippen LogP contribution in [-0.2, 0) is 0 Å². The predicted octanol–water partition coefficient (Wildman–Crippen LogP) is 5.72. The van der Waals surface area contributed by atoms with Crippen molar-refractivity contribution in [2.75, 3.05) is 32.6 Å². The minimum Gasteiger partial charge on any atom is -0.493 e. The summed E-state index contributed by atoms with van der Waals surface area (Å²) in [6, 6.07) is 12.7. The number of fused-ring (bicyclic) bond motifs is 2. The number of nitriles is 1. The first-order chi connectivity index (χ1) is 20.3. The molecule has 0 spiro atoms. The first-order valence-corrected chi connectivity index (χ1v) is 13.2. The van der Waals surface area contributed by atoms with Gasteiger partial charge in [0.2, 0.25) is 0 Å². The average molecular weight is 572 g/mol. The van der Waals surface area contributed by atoms with Gasteiger partial charge in [-0.1, -0.05) is 0 Å². The number of ether oxygens (including phenoxy) is 3. The zero-order valence-corrected chi connectivity index (χ0v) is 23.1. The quantitative estimate of drug-likeness (QED) is 0.262. The van der Waals surface area contributed by atoms with Gasteiger partial charge >= 0.3 is 0 Å². The SMILES string of the molecule is COc1ccc2ncc(C#N)c(Nc3ccc(Oc4cnc5ccnn5c4)c(C)c3)c2c1O[C@@H]1CCN(C)CC1(F)F. The number of anilines is 2. The minimum atomic E-state index is -3.08. The Balaban J connectivity index is 1.37. The molecule has 1 aliphatic heterocycles. The van der Waals surface area contributed by atoms with Gasteiger partial charge in [0, 0.05) is 30.9 Å². The van der Waals surface area contributed by atoms with E-state index in [2.05, 4.69) is 26.5 Å². The van der Waals surface area contributed by atoms with Crippen LogP contribution in [0.2, 0.25) is 0 Å². The molecule has 4 heterocycles. The van der Waals surface area contributed by atoms with Crippen molar-refractivity contribution in [2.45, 2.75) is 25.4 Å². The second-order valence-corrected chi connectivity index (χ2v) is 10.2. The van der Waals surface area contributed by atoms with Crippen LogP contribution >= 0.6 is 0 Å². The third-order valence-electron chi connectivity index (χ3n) is 7.17. The fraction of sp³-hybridized carbons (Fsp3) is 0.267.